The van der Waals surface area contributed by atoms with E-state index in [1.807, 2.05) is 50.3 Å². The van der Waals surface area contributed by atoms with Crippen LogP contribution in [-0.2, 0) is 0 Å². The second-order valence-electron chi connectivity index (χ2n) is 3.25. The second-order valence-corrected chi connectivity index (χ2v) is 3.25. The van der Waals surface area contributed by atoms with Crippen LogP contribution in [-0.4, -0.2) is 25.6 Å². The molecule has 0 aliphatic heterocycles. The van der Waals surface area contributed by atoms with Crippen molar-refractivity contribution in [3.05, 3.63) is 30.5 Å². The molecular formula is C11H17N3. The molecule has 0 unspecified atom stereocenters. The zero-order valence-corrected chi connectivity index (χ0v) is 8.99. The highest BCUT2D eigenvalue weighted by Crippen LogP contribution is 2.10. The molecule has 0 bridgehead atoms. The molecule has 0 saturated carbocycles. The SMILES string of the molecule is C/C=C/CNc1ccc(N(C)C)nc1. The molecule has 0 atom stereocenters. The summed E-state index contributed by atoms with van der Waals surface area (Å²) in [6.07, 6.45) is 5.94. The molecule has 3 heteroatoms. The van der Waals surface area contributed by atoms with E-state index in [0.29, 0.717) is 0 Å². The first-order valence-corrected chi connectivity index (χ1v) is 4.72. The normalized spacial score (nSPS) is 10.5. The van der Waals surface area contributed by atoms with Crippen LogP contribution in [0.5, 0.6) is 0 Å². The van der Waals surface area contributed by atoms with Crippen LogP contribution in [0, 0.1) is 0 Å². The first-order chi connectivity index (χ1) is 6.74. The van der Waals surface area contributed by atoms with Crippen LogP contribution < -0.4 is 10.2 Å². The van der Waals surface area contributed by atoms with E-state index in [9.17, 15) is 0 Å². The summed E-state index contributed by atoms with van der Waals surface area (Å²) in [7, 11) is 3.96. The van der Waals surface area contributed by atoms with Gasteiger partial charge in [0.1, 0.15) is 5.82 Å². The monoisotopic (exact) mass is 191 g/mol. The van der Waals surface area contributed by atoms with Gasteiger partial charge in [0.05, 0.1) is 11.9 Å². The molecule has 0 saturated heterocycles. The molecule has 1 aromatic heterocycles. The molecule has 1 N–H and O–H groups in total. The molecule has 0 aromatic carbocycles. The highest BCUT2D eigenvalue weighted by Gasteiger charge is 1.95. The van der Waals surface area contributed by atoms with Crippen LogP contribution in [0.4, 0.5) is 11.5 Å². The Labute approximate surface area is 85.5 Å². The summed E-state index contributed by atoms with van der Waals surface area (Å²) in [5, 5.41) is 3.24. The summed E-state index contributed by atoms with van der Waals surface area (Å²) in [6.45, 7) is 2.86. The molecule has 14 heavy (non-hydrogen) atoms. The fraction of sp³-hybridized carbons (Fsp3) is 0.364. The van der Waals surface area contributed by atoms with Gasteiger partial charge in [-0.3, -0.25) is 0 Å². The fourth-order valence-corrected chi connectivity index (χ4v) is 1.05. The quantitative estimate of drug-likeness (QED) is 0.739. The van der Waals surface area contributed by atoms with Crippen molar-refractivity contribution in [3.63, 3.8) is 0 Å². The molecule has 76 valence electrons. The third-order valence-electron chi connectivity index (χ3n) is 1.87. The Balaban J connectivity index is 2.55. The van der Waals surface area contributed by atoms with Crippen molar-refractivity contribution in [2.45, 2.75) is 6.92 Å². The minimum absolute atomic E-state index is 0.847. The predicted molar refractivity (Wildman–Crippen MR) is 61.9 cm³/mol. The number of hydrogen-bond acceptors (Lipinski definition) is 3. The summed E-state index contributed by atoms with van der Waals surface area (Å²) in [6, 6.07) is 4.03. The minimum Gasteiger partial charge on any atom is -0.380 e. The van der Waals surface area contributed by atoms with Crippen molar-refractivity contribution in [1.29, 1.82) is 0 Å². The van der Waals surface area contributed by atoms with E-state index in [2.05, 4.69) is 16.4 Å². The maximum atomic E-state index is 4.30. The van der Waals surface area contributed by atoms with E-state index in [-0.39, 0.29) is 0 Å². The van der Waals surface area contributed by atoms with Crippen LogP contribution in [0.1, 0.15) is 6.92 Å². The van der Waals surface area contributed by atoms with Gasteiger partial charge in [-0.1, -0.05) is 12.2 Å². The lowest BCUT2D eigenvalue weighted by atomic mass is 10.4. The van der Waals surface area contributed by atoms with Crippen LogP contribution in [0.25, 0.3) is 0 Å². The molecule has 0 radical (unpaired) electrons. The number of allylic oxidation sites excluding steroid dienone is 1. The molecule has 0 spiro atoms. The summed E-state index contributed by atoms with van der Waals surface area (Å²) in [5.74, 6) is 0.974. The lowest BCUT2D eigenvalue weighted by molar-refractivity contribution is 1.07. The minimum atomic E-state index is 0.847. The Kier molecular flexibility index (Phi) is 3.98. The molecule has 0 fully saturated rings. The van der Waals surface area contributed by atoms with E-state index in [4.69, 9.17) is 0 Å². The third-order valence-corrected chi connectivity index (χ3v) is 1.87. The Morgan fingerprint density at radius 2 is 2.21 bits per heavy atom. The molecule has 0 aliphatic carbocycles. The molecule has 1 rings (SSSR count). The van der Waals surface area contributed by atoms with Crippen molar-refractivity contribution < 1.29 is 0 Å². The number of rotatable bonds is 4. The van der Waals surface area contributed by atoms with Gasteiger partial charge in [0.25, 0.3) is 0 Å². The number of anilines is 2. The largest absolute Gasteiger partial charge is 0.380 e. The number of hydrogen-bond donors (Lipinski definition) is 1. The van der Waals surface area contributed by atoms with Crippen LogP contribution in [0.15, 0.2) is 30.5 Å². The smallest absolute Gasteiger partial charge is 0.128 e. The predicted octanol–water partition coefficient (Wildman–Crippen LogP) is 2.14. The first-order valence-electron chi connectivity index (χ1n) is 4.72. The maximum absolute atomic E-state index is 4.30. The standard InChI is InChI=1S/C11H17N3/c1-4-5-8-12-10-6-7-11(13-9-10)14(2)3/h4-7,9,12H,8H2,1-3H3/b5-4+. The molecule has 0 aliphatic rings. The zero-order valence-electron chi connectivity index (χ0n) is 8.99. The number of nitrogens with zero attached hydrogens (tertiary/aromatic N) is 2. The Morgan fingerprint density at radius 3 is 2.71 bits per heavy atom. The van der Waals surface area contributed by atoms with E-state index in [1.54, 1.807) is 0 Å². The maximum Gasteiger partial charge on any atom is 0.128 e. The van der Waals surface area contributed by atoms with Gasteiger partial charge in [-0.05, 0) is 19.1 Å². The van der Waals surface area contributed by atoms with Crippen molar-refractivity contribution >= 4 is 11.5 Å². The Morgan fingerprint density at radius 1 is 1.43 bits per heavy atom. The van der Waals surface area contributed by atoms with Gasteiger partial charge < -0.3 is 10.2 Å². The van der Waals surface area contributed by atoms with Gasteiger partial charge in [0, 0.05) is 20.6 Å². The number of aromatic nitrogens is 1. The van der Waals surface area contributed by atoms with Gasteiger partial charge in [-0.15, -0.1) is 0 Å². The molecule has 1 aromatic rings. The highest BCUT2D eigenvalue weighted by atomic mass is 15.1. The van der Waals surface area contributed by atoms with Crippen molar-refractivity contribution in [2.75, 3.05) is 30.9 Å². The number of nitrogens with one attached hydrogen (secondary N) is 1. The second kappa shape index (κ2) is 5.27. The number of pyridine rings is 1. The van der Waals surface area contributed by atoms with Crippen molar-refractivity contribution in [3.8, 4) is 0 Å². The average molecular weight is 191 g/mol. The summed E-state index contributed by atoms with van der Waals surface area (Å²) in [4.78, 5) is 6.28. The first kappa shape index (κ1) is 10.6. The van der Waals surface area contributed by atoms with Crippen LogP contribution in [0.3, 0.4) is 0 Å². The van der Waals surface area contributed by atoms with E-state index in [1.165, 1.54) is 0 Å². The highest BCUT2D eigenvalue weighted by molar-refractivity contribution is 5.48. The zero-order chi connectivity index (χ0) is 10.4. The van der Waals surface area contributed by atoms with E-state index < -0.39 is 0 Å². The van der Waals surface area contributed by atoms with Crippen LogP contribution in [0.2, 0.25) is 0 Å². The molecular weight excluding hydrogens is 174 g/mol. The third kappa shape index (κ3) is 3.09. The lowest BCUT2D eigenvalue weighted by Gasteiger charge is -2.11. The lowest BCUT2D eigenvalue weighted by Crippen LogP contribution is -2.10. The van der Waals surface area contributed by atoms with Gasteiger partial charge >= 0.3 is 0 Å². The Bertz CT molecular complexity index is 288. The van der Waals surface area contributed by atoms with Gasteiger partial charge in [0.2, 0.25) is 0 Å². The Hall–Kier alpha value is -1.51. The van der Waals surface area contributed by atoms with Crippen LogP contribution >= 0.6 is 0 Å². The topological polar surface area (TPSA) is 28.2 Å². The van der Waals surface area contributed by atoms with E-state index >= 15 is 0 Å². The van der Waals surface area contributed by atoms with Crippen molar-refractivity contribution in [2.24, 2.45) is 0 Å². The molecule has 1 heterocycles. The molecule has 3 nitrogen and oxygen atoms in total. The van der Waals surface area contributed by atoms with Gasteiger partial charge in [-0.2, -0.15) is 0 Å². The summed E-state index contributed by atoms with van der Waals surface area (Å²) < 4.78 is 0. The van der Waals surface area contributed by atoms with Gasteiger partial charge in [0.15, 0.2) is 0 Å². The molecule has 0 amide bonds. The average Bonchev–Trinajstić information content (AvgIpc) is 2.19. The van der Waals surface area contributed by atoms with Crippen molar-refractivity contribution in [1.82, 2.24) is 4.98 Å². The van der Waals surface area contributed by atoms with E-state index in [0.717, 1.165) is 18.1 Å². The fourth-order valence-electron chi connectivity index (χ4n) is 1.05. The van der Waals surface area contributed by atoms with Gasteiger partial charge in [-0.25, -0.2) is 4.98 Å². The summed E-state index contributed by atoms with van der Waals surface area (Å²) >= 11 is 0. The summed E-state index contributed by atoms with van der Waals surface area (Å²) in [5.41, 5.74) is 1.05.